The fourth-order valence-corrected chi connectivity index (χ4v) is 2.44. The average Bonchev–Trinajstić information content (AvgIpc) is 2.62. The van der Waals surface area contributed by atoms with Crippen LogP contribution in [0, 0.1) is 6.20 Å². The topological polar surface area (TPSA) is 4.41 Å². The number of hydrogen-bond acceptors (Lipinski definition) is 1. The van der Waals surface area contributed by atoms with Crippen LogP contribution in [-0.2, 0) is 0 Å². The van der Waals surface area contributed by atoms with E-state index in [1.165, 1.54) is 15.0 Å². The molecule has 57 valence electrons. The lowest BCUT2D eigenvalue weighted by Crippen LogP contribution is -1.74. The molecule has 0 saturated heterocycles. The second-order valence-corrected chi connectivity index (χ2v) is 3.77. The molecule has 0 aliphatic carbocycles. The SMILES string of the molecule is [c]1ccc2sc3ccccc3n12. The van der Waals surface area contributed by atoms with Gasteiger partial charge in [0.15, 0.2) is 0 Å². The van der Waals surface area contributed by atoms with Crippen molar-refractivity contribution in [2.75, 3.05) is 0 Å². The zero-order chi connectivity index (χ0) is 7.97. The normalized spacial score (nSPS) is 11.3. The van der Waals surface area contributed by atoms with Gasteiger partial charge in [-0.2, -0.15) is 0 Å². The van der Waals surface area contributed by atoms with Gasteiger partial charge in [-0.05, 0) is 24.3 Å². The summed E-state index contributed by atoms with van der Waals surface area (Å²) >= 11 is 1.80. The number of aromatic nitrogens is 1. The highest BCUT2D eigenvalue weighted by Gasteiger charge is 2.01. The number of hydrogen-bond donors (Lipinski definition) is 0. The summed E-state index contributed by atoms with van der Waals surface area (Å²) in [5.74, 6) is 0. The predicted molar refractivity (Wildman–Crippen MR) is 51.6 cm³/mol. The van der Waals surface area contributed by atoms with E-state index < -0.39 is 0 Å². The van der Waals surface area contributed by atoms with Gasteiger partial charge in [-0.25, -0.2) is 0 Å². The van der Waals surface area contributed by atoms with Gasteiger partial charge < -0.3 is 0 Å². The van der Waals surface area contributed by atoms with Crippen molar-refractivity contribution in [1.29, 1.82) is 0 Å². The van der Waals surface area contributed by atoms with Gasteiger partial charge in [0.1, 0.15) is 4.83 Å². The Bertz CT molecular complexity index is 532. The lowest BCUT2D eigenvalue weighted by Gasteiger charge is -1.87. The van der Waals surface area contributed by atoms with Crippen molar-refractivity contribution in [3.63, 3.8) is 0 Å². The van der Waals surface area contributed by atoms with E-state index in [-0.39, 0.29) is 0 Å². The number of rotatable bonds is 0. The smallest absolute Gasteiger partial charge is 0.101 e. The van der Waals surface area contributed by atoms with Crippen LogP contribution in [0.5, 0.6) is 0 Å². The molecule has 0 amide bonds. The molecule has 2 heteroatoms. The summed E-state index contributed by atoms with van der Waals surface area (Å²) in [5, 5.41) is 0. The zero-order valence-electron chi connectivity index (χ0n) is 6.32. The third-order valence-electron chi connectivity index (χ3n) is 1.97. The first-order valence-corrected chi connectivity index (χ1v) is 4.63. The molecule has 3 aromatic rings. The number of fused-ring (bicyclic) bond motifs is 3. The van der Waals surface area contributed by atoms with Crippen LogP contribution in [0.2, 0.25) is 0 Å². The van der Waals surface area contributed by atoms with Crippen LogP contribution in [0.4, 0.5) is 0 Å². The predicted octanol–water partition coefficient (Wildman–Crippen LogP) is 2.95. The van der Waals surface area contributed by atoms with Crippen molar-refractivity contribution < 1.29 is 0 Å². The fourth-order valence-electron chi connectivity index (χ4n) is 1.43. The van der Waals surface area contributed by atoms with Crippen LogP contribution >= 0.6 is 11.3 Å². The van der Waals surface area contributed by atoms with Crippen molar-refractivity contribution >= 4 is 26.4 Å². The molecule has 0 bridgehead atoms. The van der Waals surface area contributed by atoms with Crippen LogP contribution in [0.15, 0.2) is 36.4 Å². The molecule has 2 heterocycles. The number of nitrogens with zero attached hydrogens (tertiary/aromatic N) is 1. The zero-order valence-corrected chi connectivity index (χ0v) is 7.14. The first kappa shape index (κ1) is 6.26. The molecule has 1 aromatic carbocycles. The van der Waals surface area contributed by atoms with Crippen LogP contribution in [0.25, 0.3) is 15.0 Å². The number of benzene rings is 1. The molecule has 12 heavy (non-hydrogen) atoms. The maximum Gasteiger partial charge on any atom is 0.101 e. The lowest BCUT2D eigenvalue weighted by molar-refractivity contribution is 1.29. The highest BCUT2D eigenvalue weighted by atomic mass is 32.1. The Kier molecular flexibility index (Phi) is 1.10. The molecule has 0 atom stereocenters. The van der Waals surface area contributed by atoms with Gasteiger partial charge in [0.25, 0.3) is 0 Å². The molecule has 0 aliphatic heterocycles. The maximum atomic E-state index is 3.17. The number of para-hydroxylation sites is 1. The summed E-state index contributed by atoms with van der Waals surface area (Å²) in [4.78, 5) is 1.26. The number of thiazole rings is 1. The third-order valence-corrected chi connectivity index (χ3v) is 3.06. The van der Waals surface area contributed by atoms with Gasteiger partial charge >= 0.3 is 0 Å². The van der Waals surface area contributed by atoms with Crippen molar-refractivity contribution in [2.45, 2.75) is 0 Å². The summed E-state index contributed by atoms with van der Waals surface area (Å²) in [6.07, 6.45) is 3.17. The summed E-state index contributed by atoms with van der Waals surface area (Å²) in [6, 6.07) is 12.4. The summed E-state index contributed by atoms with van der Waals surface area (Å²) < 4.78 is 3.42. The van der Waals surface area contributed by atoms with Crippen molar-refractivity contribution in [3.05, 3.63) is 42.6 Å². The minimum atomic E-state index is 1.25. The monoisotopic (exact) mass is 172 g/mol. The third kappa shape index (κ3) is 0.676. The van der Waals surface area contributed by atoms with E-state index >= 15 is 0 Å². The molecule has 0 spiro atoms. The molecule has 0 aliphatic rings. The second kappa shape index (κ2) is 2.11. The Labute approximate surface area is 73.9 Å². The largest absolute Gasteiger partial charge is 0.298 e. The Morgan fingerprint density at radius 3 is 3.08 bits per heavy atom. The van der Waals surface area contributed by atoms with Gasteiger partial charge in [-0.15, -0.1) is 11.3 Å². The molecular formula is C10H6NS. The molecular weight excluding hydrogens is 166 g/mol. The highest BCUT2D eigenvalue weighted by molar-refractivity contribution is 7.23. The van der Waals surface area contributed by atoms with Crippen LogP contribution < -0.4 is 0 Å². The standard InChI is InChI=1S/C10H6NS/c1-2-5-9-8(4-1)11-7-3-6-10(11)12-9/h1-6H. The minimum Gasteiger partial charge on any atom is -0.298 e. The van der Waals surface area contributed by atoms with E-state index in [9.17, 15) is 0 Å². The molecule has 2 aromatic heterocycles. The Hall–Kier alpha value is -1.28. The van der Waals surface area contributed by atoms with Crippen LogP contribution in [0.1, 0.15) is 0 Å². The van der Waals surface area contributed by atoms with Gasteiger partial charge in [0.05, 0.1) is 16.4 Å². The fraction of sp³-hybridized carbons (Fsp3) is 0. The van der Waals surface area contributed by atoms with Gasteiger partial charge in [-0.3, -0.25) is 4.40 Å². The molecule has 0 saturated carbocycles. The second-order valence-electron chi connectivity index (χ2n) is 2.71. The van der Waals surface area contributed by atoms with E-state index in [4.69, 9.17) is 0 Å². The average molecular weight is 172 g/mol. The molecule has 0 unspecified atom stereocenters. The van der Waals surface area contributed by atoms with Crippen LogP contribution in [0.3, 0.4) is 0 Å². The molecule has 1 radical (unpaired) electrons. The molecule has 3 rings (SSSR count). The maximum absolute atomic E-state index is 3.17. The Morgan fingerprint density at radius 1 is 1.17 bits per heavy atom. The first-order chi connectivity index (χ1) is 5.95. The molecule has 1 nitrogen and oxygen atoms in total. The highest BCUT2D eigenvalue weighted by Crippen LogP contribution is 2.25. The van der Waals surface area contributed by atoms with Crippen LogP contribution in [-0.4, -0.2) is 4.40 Å². The summed E-state index contributed by atoms with van der Waals surface area (Å²) in [5.41, 5.74) is 1.25. The van der Waals surface area contributed by atoms with E-state index in [2.05, 4.69) is 40.9 Å². The van der Waals surface area contributed by atoms with E-state index in [1.807, 2.05) is 6.07 Å². The van der Waals surface area contributed by atoms with E-state index in [0.717, 1.165) is 0 Å². The molecule has 0 fully saturated rings. The van der Waals surface area contributed by atoms with E-state index in [0.29, 0.717) is 0 Å². The first-order valence-electron chi connectivity index (χ1n) is 3.82. The quantitative estimate of drug-likeness (QED) is 0.491. The minimum absolute atomic E-state index is 1.25. The Morgan fingerprint density at radius 2 is 2.08 bits per heavy atom. The summed E-state index contributed by atoms with van der Waals surface area (Å²) in [6.45, 7) is 0. The van der Waals surface area contributed by atoms with E-state index in [1.54, 1.807) is 11.3 Å². The Balaban J connectivity index is 2.68. The van der Waals surface area contributed by atoms with Gasteiger partial charge in [0.2, 0.25) is 0 Å². The van der Waals surface area contributed by atoms with Gasteiger partial charge in [0, 0.05) is 0 Å². The van der Waals surface area contributed by atoms with Crippen molar-refractivity contribution in [2.24, 2.45) is 0 Å². The van der Waals surface area contributed by atoms with Gasteiger partial charge in [-0.1, -0.05) is 12.1 Å². The van der Waals surface area contributed by atoms with Crippen molar-refractivity contribution in [1.82, 2.24) is 4.40 Å². The van der Waals surface area contributed by atoms with Crippen molar-refractivity contribution in [3.8, 4) is 0 Å². The summed E-state index contributed by atoms with van der Waals surface area (Å²) in [7, 11) is 0. The lowest BCUT2D eigenvalue weighted by atomic mass is 10.3. The molecule has 0 N–H and O–H groups in total.